The number of ether oxygens (including phenoxy) is 2. The van der Waals surface area contributed by atoms with E-state index in [1.165, 1.54) is 17.6 Å². The van der Waals surface area contributed by atoms with Gasteiger partial charge in [-0.05, 0) is 66.0 Å². The molecule has 8 heteroatoms. The molecule has 36 heavy (non-hydrogen) atoms. The first kappa shape index (κ1) is 24.7. The number of nitrogens with one attached hydrogen (secondary N) is 2. The zero-order valence-electron chi connectivity index (χ0n) is 20.7. The van der Waals surface area contributed by atoms with Crippen molar-refractivity contribution in [2.75, 3.05) is 12.4 Å². The first-order valence-corrected chi connectivity index (χ1v) is 13.2. The molecule has 6 nitrogen and oxygen atoms in total. The predicted octanol–water partition coefficient (Wildman–Crippen LogP) is 6.63. The van der Waals surface area contributed by atoms with Crippen molar-refractivity contribution in [1.29, 1.82) is 0 Å². The predicted molar refractivity (Wildman–Crippen MR) is 143 cm³/mol. The molecule has 1 amide bonds. The van der Waals surface area contributed by atoms with Gasteiger partial charge in [-0.2, -0.15) is 0 Å². The molecule has 2 atom stereocenters. The van der Waals surface area contributed by atoms with Crippen LogP contribution in [-0.4, -0.2) is 19.0 Å². The summed E-state index contributed by atoms with van der Waals surface area (Å²) in [6.07, 6.45) is 2.62. The number of fused-ring (bicyclic) bond motifs is 3. The number of rotatable bonds is 4. The van der Waals surface area contributed by atoms with Crippen LogP contribution in [0.25, 0.3) is 0 Å². The second kappa shape index (κ2) is 9.45. The largest absolute Gasteiger partial charge is 0.493 e. The van der Waals surface area contributed by atoms with E-state index in [1.54, 1.807) is 47.7 Å². The summed E-state index contributed by atoms with van der Waals surface area (Å²) in [5.74, 6) is 0.628. The Morgan fingerprint density at radius 3 is 2.61 bits per heavy atom. The highest BCUT2D eigenvalue weighted by molar-refractivity contribution is 7.16. The van der Waals surface area contributed by atoms with Gasteiger partial charge in [0, 0.05) is 4.88 Å². The Hall–Kier alpha value is -3.03. The molecule has 188 valence electrons. The molecule has 2 aromatic carbocycles. The topological polar surface area (TPSA) is 76.7 Å². The van der Waals surface area contributed by atoms with Crippen LogP contribution in [0.15, 0.2) is 42.5 Å². The quantitative estimate of drug-likeness (QED) is 0.296. The second-order valence-corrected chi connectivity index (χ2v) is 11.9. The van der Waals surface area contributed by atoms with Crippen molar-refractivity contribution in [1.82, 2.24) is 5.32 Å². The van der Waals surface area contributed by atoms with Gasteiger partial charge >= 0.3 is 5.97 Å². The molecule has 0 saturated heterocycles. The van der Waals surface area contributed by atoms with E-state index in [1.807, 2.05) is 6.07 Å². The summed E-state index contributed by atoms with van der Waals surface area (Å²) in [4.78, 5) is 27.1. The van der Waals surface area contributed by atoms with Crippen molar-refractivity contribution in [3.05, 3.63) is 74.6 Å². The lowest BCUT2D eigenvalue weighted by Gasteiger charge is -2.34. The lowest BCUT2D eigenvalue weighted by atomic mass is 9.72. The fraction of sp³-hybridized carbons (Fsp3) is 0.357. The van der Waals surface area contributed by atoms with E-state index in [9.17, 15) is 9.59 Å². The second-order valence-electron chi connectivity index (χ2n) is 10.3. The third-order valence-electron chi connectivity index (χ3n) is 7.09. The molecule has 1 aliphatic heterocycles. The molecule has 0 spiro atoms. The fourth-order valence-corrected chi connectivity index (χ4v) is 6.50. The molecule has 1 aliphatic carbocycles. The number of benzene rings is 2. The number of thiophene rings is 1. The van der Waals surface area contributed by atoms with E-state index in [0.717, 1.165) is 35.4 Å². The minimum absolute atomic E-state index is 0.0614. The molecule has 0 fully saturated rings. The van der Waals surface area contributed by atoms with Crippen molar-refractivity contribution in [3.63, 3.8) is 0 Å². The van der Waals surface area contributed by atoms with E-state index in [0.29, 0.717) is 16.7 Å². The van der Waals surface area contributed by atoms with Gasteiger partial charge in [0.15, 0.2) is 11.5 Å². The van der Waals surface area contributed by atoms with Gasteiger partial charge in [-0.3, -0.25) is 4.79 Å². The number of carbonyl (C=O) groups excluding carboxylic acids is 2. The summed E-state index contributed by atoms with van der Waals surface area (Å²) in [5.41, 5.74) is 3.29. The number of halogens is 1. The van der Waals surface area contributed by atoms with Crippen LogP contribution in [-0.2, 0) is 12.8 Å². The first-order chi connectivity index (χ1) is 17.2. The number of hydrogen-bond donors (Lipinski definition) is 2. The molecule has 0 unspecified atom stereocenters. The van der Waals surface area contributed by atoms with E-state index < -0.39 is 12.1 Å². The van der Waals surface area contributed by atoms with Gasteiger partial charge in [-0.1, -0.05) is 50.6 Å². The van der Waals surface area contributed by atoms with Crippen LogP contribution in [0.2, 0.25) is 5.02 Å². The molecule has 2 heterocycles. The molecule has 2 aliphatic rings. The third-order valence-corrected chi connectivity index (χ3v) is 8.60. The summed E-state index contributed by atoms with van der Waals surface area (Å²) in [6, 6.07) is 12.0. The number of methoxy groups -OCH3 is 1. The number of anilines is 1. The molecular weight excluding hydrogens is 496 g/mol. The smallest absolute Gasteiger partial charge is 0.345 e. The Kier molecular flexibility index (Phi) is 6.47. The summed E-state index contributed by atoms with van der Waals surface area (Å²) in [6.45, 7) is 6.87. The Morgan fingerprint density at radius 2 is 1.89 bits per heavy atom. The van der Waals surface area contributed by atoms with Gasteiger partial charge < -0.3 is 20.1 Å². The van der Waals surface area contributed by atoms with Gasteiger partial charge in [0.1, 0.15) is 11.2 Å². The number of amides is 1. The molecule has 0 saturated carbocycles. The van der Waals surface area contributed by atoms with Crippen LogP contribution >= 0.6 is 22.9 Å². The van der Waals surface area contributed by atoms with Gasteiger partial charge in [0.05, 0.1) is 23.3 Å². The average Bonchev–Trinajstić information content (AvgIpc) is 3.22. The summed E-state index contributed by atoms with van der Waals surface area (Å²) >= 11 is 7.82. The molecule has 3 aromatic rings. The van der Waals surface area contributed by atoms with Crippen molar-refractivity contribution in [3.8, 4) is 11.5 Å². The van der Waals surface area contributed by atoms with Crippen LogP contribution in [0.3, 0.4) is 0 Å². The lowest BCUT2D eigenvalue weighted by molar-refractivity contribution is 0.0729. The first-order valence-electron chi connectivity index (χ1n) is 12.0. The Bertz CT molecular complexity index is 1340. The summed E-state index contributed by atoms with van der Waals surface area (Å²) in [7, 11) is 1.51. The standard InChI is InChI=1S/C28H29ClN2O4S/c1-28(2,3)16-10-11-18-22(14-16)36-26-23(18)25(32)30-24(31-26)15-9-12-20(21(13-15)34-4)35-27(33)17-7-5-6-8-19(17)29/h5-9,12-13,16,24,31H,10-11,14H2,1-4H3,(H,30,32)/t16-,24-/m1/s1. The monoisotopic (exact) mass is 524 g/mol. The zero-order chi connectivity index (χ0) is 25.6. The number of hydrogen-bond acceptors (Lipinski definition) is 6. The van der Waals surface area contributed by atoms with Gasteiger partial charge in [-0.25, -0.2) is 4.79 Å². The summed E-state index contributed by atoms with van der Waals surface area (Å²) in [5, 5.41) is 7.82. The Balaban J connectivity index is 1.37. The van der Waals surface area contributed by atoms with Crippen molar-refractivity contribution < 1.29 is 19.1 Å². The number of esters is 1. The fourth-order valence-electron chi connectivity index (χ4n) is 4.93. The molecule has 1 aromatic heterocycles. The normalized spacial score (nSPS) is 19.0. The molecule has 0 radical (unpaired) electrons. The van der Waals surface area contributed by atoms with E-state index in [2.05, 4.69) is 31.4 Å². The van der Waals surface area contributed by atoms with Crippen LogP contribution in [0, 0.1) is 11.3 Å². The summed E-state index contributed by atoms with van der Waals surface area (Å²) < 4.78 is 11.1. The molecular formula is C28H29ClN2O4S. The van der Waals surface area contributed by atoms with Gasteiger partial charge in [0.25, 0.3) is 5.91 Å². The Morgan fingerprint density at radius 1 is 1.11 bits per heavy atom. The highest BCUT2D eigenvalue weighted by Crippen LogP contribution is 2.46. The van der Waals surface area contributed by atoms with Crippen LogP contribution < -0.4 is 20.1 Å². The SMILES string of the molecule is COc1cc([C@@H]2NC(=O)c3c(sc4c3CC[C@@H](C(C)(C)C)C4)N2)ccc1OC(=O)c1ccccc1Cl. The Labute approximate surface area is 220 Å². The van der Waals surface area contributed by atoms with Crippen molar-refractivity contribution >= 4 is 39.8 Å². The number of carbonyl (C=O) groups is 2. The highest BCUT2D eigenvalue weighted by atomic mass is 35.5. The van der Waals surface area contributed by atoms with Crippen LogP contribution in [0.4, 0.5) is 5.00 Å². The van der Waals surface area contributed by atoms with Gasteiger partial charge in [0.2, 0.25) is 0 Å². The van der Waals surface area contributed by atoms with E-state index in [4.69, 9.17) is 21.1 Å². The van der Waals surface area contributed by atoms with E-state index >= 15 is 0 Å². The minimum atomic E-state index is -0.571. The zero-order valence-corrected chi connectivity index (χ0v) is 22.3. The molecule has 5 rings (SSSR count). The molecule has 0 bridgehead atoms. The molecule has 2 N–H and O–H groups in total. The maximum atomic E-state index is 13.2. The van der Waals surface area contributed by atoms with E-state index in [-0.39, 0.29) is 22.6 Å². The average molecular weight is 525 g/mol. The maximum Gasteiger partial charge on any atom is 0.345 e. The van der Waals surface area contributed by atoms with Gasteiger partial charge in [-0.15, -0.1) is 11.3 Å². The van der Waals surface area contributed by atoms with Crippen LogP contribution in [0.5, 0.6) is 11.5 Å². The minimum Gasteiger partial charge on any atom is -0.493 e. The lowest BCUT2D eigenvalue weighted by Crippen LogP contribution is -2.38. The highest BCUT2D eigenvalue weighted by Gasteiger charge is 2.36. The van der Waals surface area contributed by atoms with Crippen molar-refractivity contribution in [2.24, 2.45) is 11.3 Å². The maximum absolute atomic E-state index is 13.2. The van der Waals surface area contributed by atoms with Crippen LogP contribution in [0.1, 0.15) is 70.1 Å². The third kappa shape index (κ3) is 4.58. The van der Waals surface area contributed by atoms with Crippen molar-refractivity contribution in [2.45, 2.75) is 46.2 Å².